The summed E-state index contributed by atoms with van der Waals surface area (Å²) in [6.07, 6.45) is -6.33. The molecule has 0 aliphatic rings. The normalized spacial score (nSPS) is 14.1. The number of thioether (sulfide) groups is 1. The Bertz CT molecular complexity index is 548. The number of carboxylic acid groups (broad SMARTS) is 1. The number of hydrogen-bond acceptors (Lipinski definition) is 3. The number of alkyl halides is 3. The highest BCUT2D eigenvalue weighted by atomic mass is 32.2. The molecule has 2 unspecified atom stereocenters. The van der Waals surface area contributed by atoms with Gasteiger partial charge in [-0.3, -0.25) is 4.79 Å². The molecule has 0 bridgehead atoms. The molecule has 0 fully saturated rings. The van der Waals surface area contributed by atoms with Crippen LogP contribution >= 0.6 is 11.8 Å². The van der Waals surface area contributed by atoms with E-state index in [2.05, 4.69) is 0 Å². The first-order valence-electron chi connectivity index (χ1n) is 6.57. The van der Waals surface area contributed by atoms with E-state index in [-0.39, 0.29) is 5.75 Å². The summed E-state index contributed by atoms with van der Waals surface area (Å²) in [6, 6.07) is 3.50. The second-order valence-electron chi connectivity index (χ2n) is 4.88. The maximum atomic E-state index is 12.7. The SMILES string of the molecule is CC(CSc1ccc(F)cc1)C(=O)NC(CC(F)(F)F)C(=O)O. The summed E-state index contributed by atoms with van der Waals surface area (Å²) in [5.74, 6) is -3.42. The molecule has 1 amide bonds. The van der Waals surface area contributed by atoms with Crippen molar-refractivity contribution in [2.24, 2.45) is 5.92 Å². The van der Waals surface area contributed by atoms with Crippen LogP contribution in [0.25, 0.3) is 0 Å². The van der Waals surface area contributed by atoms with Gasteiger partial charge in [-0.2, -0.15) is 13.2 Å². The number of carbonyl (C=O) groups excluding carboxylic acids is 1. The van der Waals surface area contributed by atoms with Crippen LogP contribution in [0.1, 0.15) is 13.3 Å². The maximum Gasteiger partial charge on any atom is 0.391 e. The molecule has 0 aromatic heterocycles. The maximum absolute atomic E-state index is 12.7. The zero-order valence-corrected chi connectivity index (χ0v) is 12.9. The third kappa shape index (κ3) is 7.36. The summed E-state index contributed by atoms with van der Waals surface area (Å²) in [4.78, 5) is 23.3. The van der Waals surface area contributed by atoms with Crippen LogP contribution in [-0.4, -0.2) is 35.0 Å². The third-order valence-electron chi connectivity index (χ3n) is 2.81. The first-order chi connectivity index (χ1) is 10.6. The average molecular weight is 353 g/mol. The molecule has 0 radical (unpaired) electrons. The lowest BCUT2D eigenvalue weighted by molar-refractivity contribution is -0.160. The predicted octanol–water partition coefficient (Wildman–Crippen LogP) is 3.08. The summed E-state index contributed by atoms with van der Waals surface area (Å²) in [6.45, 7) is 1.47. The lowest BCUT2D eigenvalue weighted by Gasteiger charge is -2.19. The van der Waals surface area contributed by atoms with Gasteiger partial charge < -0.3 is 10.4 Å². The topological polar surface area (TPSA) is 66.4 Å². The lowest BCUT2D eigenvalue weighted by Crippen LogP contribution is -2.45. The van der Waals surface area contributed by atoms with Gasteiger partial charge in [0.1, 0.15) is 11.9 Å². The Hall–Kier alpha value is -1.77. The predicted molar refractivity (Wildman–Crippen MR) is 76.5 cm³/mol. The molecule has 0 spiro atoms. The average Bonchev–Trinajstić information content (AvgIpc) is 2.44. The van der Waals surface area contributed by atoms with E-state index in [1.165, 1.54) is 43.0 Å². The van der Waals surface area contributed by atoms with Crippen molar-refractivity contribution in [1.29, 1.82) is 0 Å². The molecule has 1 aromatic carbocycles. The smallest absolute Gasteiger partial charge is 0.391 e. The fourth-order valence-corrected chi connectivity index (χ4v) is 2.50. The molecule has 2 atom stereocenters. The van der Waals surface area contributed by atoms with E-state index in [0.29, 0.717) is 4.90 Å². The highest BCUT2D eigenvalue weighted by molar-refractivity contribution is 7.99. The summed E-state index contributed by atoms with van der Waals surface area (Å²) < 4.78 is 49.6. The van der Waals surface area contributed by atoms with Gasteiger partial charge in [-0.25, -0.2) is 9.18 Å². The van der Waals surface area contributed by atoms with Crippen molar-refractivity contribution in [1.82, 2.24) is 5.32 Å². The van der Waals surface area contributed by atoms with Crippen molar-refractivity contribution in [3.8, 4) is 0 Å². The van der Waals surface area contributed by atoms with Crippen LogP contribution in [0.15, 0.2) is 29.2 Å². The summed E-state index contributed by atoms with van der Waals surface area (Å²) in [7, 11) is 0. The molecule has 9 heteroatoms. The minimum Gasteiger partial charge on any atom is -0.480 e. The van der Waals surface area contributed by atoms with E-state index in [1.807, 2.05) is 5.32 Å². The van der Waals surface area contributed by atoms with Crippen LogP contribution in [0, 0.1) is 11.7 Å². The zero-order valence-electron chi connectivity index (χ0n) is 12.1. The van der Waals surface area contributed by atoms with Crippen LogP contribution < -0.4 is 5.32 Å². The fourth-order valence-electron chi connectivity index (χ4n) is 1.57. The molecular formula is C14H15F4NO3S. The number of rotatable bonds is 7. The number of aliphatic carboxylic acids is 1. The molecule has 0 saturated carbocycles. The summed E-state index contributed by atoms with van der Waals surface area (Å²) >= 11 is 1.22. The van der Waals surface area contributed by atoms with Crippen molar-refractivity contribution < 1.29 is 32.3 Å². The third-order valence-corrected chi connectivity index (χ3v) is 4.08. The van der Waals surface area contributed by atoms with Crippen molar-refractivity contribution in [3.05, 3.63) is 30.1 Å². The highest BCUT2D eigenvalue weighted by Crippen LogP contribution is 2.23. The molecule has 1 rings (SSSR count). The molecule has 4 nitrogen and oxygen atoms in total. The molecular weight excluding hydrogens is 338 g/mol. The number of amides is 1. The Labute approximate surface area is 134 Å². The largest absolute Gasteiger partial charge is 0.480 e. The molecule has 23 heavy (non-hydrogen) atoms. The Balaban J connectivity index is 2.54. The molecule has 0 saturated heterocycles. The van der Waals surface area contributed by atoms with Gasteiger partial charge in [0.2, 0.25) is 5.91 Å². The Kier molecular flexibility index (Phi) is 6.86. The number of hydrogen-bond donors (Lipinski definition) is 2. The van der Waals surface area contributed by atoms with Crippen LogP contribution in [0.2, 0.25) is 0 Å². The van der Waals surface area contributed by atoms with Crippen LogP contribution in [0.5, 0.6) is 0 Å². The second kappa shape index (κ2) is 8.19. The van der Waals surface area contributed by atoms with Gasteiger partial charge in [-0.05, 0) is 24.3 Å². The van der Waals surface area contributed by atoms with Crippen LogP contribution in [0.3, 0.4) is 0 Å². The van der Waals surface area contributed by atoms with Gasteiger partial charge in [0, 0.05) is 16.6 Å². The molecule has 0 heterocycles. The molecule has 1 aromatic rings. The Morgan fingerprint density at radius 3 is 2.30 bits per heavy atom. The van der Waals surface area contributed by atoms with Crippen molar-refractivity contribution >= 4 is 23.6 Å². The second-order valence-corrected chi connectivity index (χ2v) is 5.98. The number of nitrogens with one attached hydrogen (secondary N) is 1. The quantitative estimate of drug-likeness (QED) is 0.584. The minimum absolute atomic E-state index is 0.218. The fraction of sp³-hybridized carbons (Fsp3) is 0.429. The number of carbonyl (C=O) groups is 2. The van der Waals surface area contributed by atoms with E-state index in [1.54, 1.807) is 0 Å². The molecule has 0 aliphatic heterocycles. The van der Waals surface area contributed by atoms with E-state index >= 15 is 0 Å². The number of carboxylic acids is 1. The number of halogens is 4. The number of benzene rings is 1. The van der Waals surface area contributed by atoms with E-state index in [4.69, 9.17) is 5.11 Å². The standard InChI is InChI=1S/C14H15F4NO3S/c1-8(7-23-10-4-2-9(15)3-5-10)12(20)19-11(13(21)22)6-14(16,17)18/h2-5,8,11H,6-7H2,1H3,(H,19,20)(H,21,22). The Morgan fingerprint density at radius 2 is 1.83 bits per heavy atom. The zero-order chi connectivity index (χ0) is 17.6. The Morgan fingerprint density at radius 1 is 1.26 bits per heavy atom. The van der Waals surface area contributed by atoms with Crippen molar-refractivity contribution in [2.45, 2.75) is 30.5 Å². The minimum atomic E-state index is -4.69. The van der Waals surface area contributed by atoms with Gasteiger partial charge >= 0.3 is 12.1 Å². The van der Waals surface area contributed by atoms with Crippen molar-refractivity contribution in [3.63, 3.8) is 0 Å². The van der Waals surface area contributed by atoms with E-state index in [0.717, 1.165) is 0 Å². The van der Waals surface area contributed by atoms with Gasteiger partial charge in [-0.1, -0.05) is 6.92 Å². The first kappa shape index (κ1) is 19.3. The van der Waals surface area contributed by atoms with Gasteiger partial charge in [0.05, 0.1) is 6.42 Å². The van der Waals surface area contributed by atoms with E-state index < -0.39 is 42.3 Å². The summed E-state index contributed by atoms with van der Waals surface area (Å²) in [5.41, 5.74) is 0. The van der Waals surface area contributed by atoms with Crippen LogP contribution in [0.4, 0.5) is 17.6 Å². The molecule has 2 N–H and O–H groups in total. The highest BCUT2D eigenvalue weighted by Gasteiger charge is 2.36. The van der Waals surface area contributed by atoms with Gasteiger partial charge in [-0.15, -0.1) is 11.8 Å². The van der Waals surface area contributed by atoms with Gasteiger partial charge in [0.25, 0.3) is 0 Å². The molecule has 0 aliphatic carbocycles. The van der Waals surface area contributed by atoms with E-state index in [9.17, 15) is 27.2 Å². The van der Waals surface area contributed by atoms with Crippen molar-refractivity contribution in [2.75, 3.05) is 5.75 Å². The van der Waals surface area contributed by atoms with Crippen LogP contribution in [-0.2, 0) is 9.59 Å². The van der Waals surface area contributed by atoms with Gasteiger partial charge in [0.15, 0.2) is 0 Å². The first-order valence-corrected chi connectivity index (χ1v) is 7.55. The monoisotopic (exact) mass is 353 g/mol. The summed E-state index contributed by atoms with van der Waals surface area (Å²) in [5, 5.41) is 10.6. The lowest BCUT2D eigenvalue weighted by atomic mass is 10.1. The molecule has 128 valence electrons.